The second kappa shape index (κ2) is 5.16. The van der Waals surface area contributed by atoms with Crippen LogP contribution in [0, 0.1) is 3.57 Å². The van der Waals surface area contributed by atoms with Crippen molar-refractivity contribution in [2.75, 3.05) is 6.54 Å². The van der Waals surface area contributed by atoms with Gasteiger partial charge in [-0.2, -0.15) is 5.10 Å². The van der Waals surface area contributed by atoms with E-state index in [4.69, 9.17) is 0 Å². The molecule has 0 saturated heterocycles. The van der Waals surface area contributed by atoms with Crippen LogP contribution in [0.4, 0.5) is 0 Å². The number of rotatable bonds is 4. The fourth-order valence-electron chi connectivity index (χ4n) is 1.77. The number of nitrogens with zero attached hydrogens (tertiary/aromatic N) is 3. The third kappa shape index (κ3) is 3.05. The summed E-state index contributed by atoms with van der Waals surface area (Å²) in [4.78, 5) is 25.4. The average molecular weight is 347 g/mol. The Morgan fingerprint density at radius 2 is 2.35 bits per heavy atom. The van der Waals surface area contributed by atoms with Gasteiger partial charge >= 0.3 is 0 Å². The molecule has 0 spiro atoms. The molecule has 1 aliphatic carbocycles. The van der Waals surface area contributed by atoms with Gasteiger partial charge in [0.05, 0.1) is 6.20 Å². The highest BCUT2D eigenvalue weighted by molar-refractivity contribution is 14.1. The van der Waals surface area contributed by atoms with Crippen molar-refractivity contribution in [2.45, 2.75) is 32.4 Å². The number of halogens is 1. The summed E-state index contributed by atoms with van der Waals surface area (Å²) in [7, 11) is 0. The van der Waals surface area contributed by atoms with Crippen molar-refractivity contribution in [3.8, 4) is 0 Å². The molecule has 2 rings (SSSR count). The predicted octanol–water partition coefficient (Wildman–Crippen LogP) is 0.859. The largest absolute Gasteiger partial charge is 0.338 e. The Labute approximate surface area is 113 Å². The molecule has 0 aliphatic heterocycles. The Kier molecular flexibility index (Phi) is 3.80. The number of amides is 1. The number of hydrogen-bond donors (Lipinski definition) is 0. The maximum Gasteiger partial charge on any atom is 0.268 e. The van der Waals surface area contributed by atoms with Crippen LogP contribution in [0.3, 0.4) is 0 Å². The van der Waals surface area contributed by atoms with Crippen LogP contribution in [0.15, 0.2) is 17.1 Å². The molecule has 1 aliphatic rings. The molecule has 92 valence electrons. The molecular formula is C11H14IN3O2. The zero-order valence-electron chi connectivity index (χ0n) is 9.60. The van der Waals surface area contributed by atoms with Gasteiger partial charge in [0.15, 0.2) is 0 Å². The van der Waals surface area contributed by atoms with Gasteiger partial charge in [0.2, 0.25) is 5.91 Å². The summed E-state index contributed by atoms with van der Waals surface area (Å²) in [5.74, 6) is -0.0224. The number of aromatic nitrogens is 2. The number of carbonyl (C=O) groups excluding carboxylic acids is 1. The van der Waals surface area contributed by atoms with E-state index in [0.29, 0.717) is 12.6 Å². The van der Waals surface area contributed by atoms with Crippen LogP contribution in [0.25, 0.3) is 0 Å². The molecule has 6 heteroatoms. The van der Waals surface area contributed by atoms with Crippen molar-refractivity contribution in [3.63, 3.8) is 0 Å². The molecule has 0 N–H and O–H groups in total. The first-order valence-corrected chi connectivity index (χ1v) is 6.72. The van der Waals surface area contributed by atoms with Crippen molar-refractivity contribution in [3.05, 3.63) is 26.2 Å². The van der Waals surface area contributed by atoms with Gasteiger partial charge in [-0.1, -0.05) is 0 Å². The third-order valence-corrected chi connectivity index (χ3v) is 3.36. The number of likely N-dealkylation sites (N-methyl/N-ethyl adjacent to an activating group) is 1. The normalized spacial score (nSPS) is 14.7. The maximum absolute atomic E-state index is 12.0. The first-order valence-electron chi connectivity index (χ1n) is 5.64. The summed E-state index contributed by atoms with van der Waals surface area (Å²) in [6.45, 7) is 2.70. The van der Waals surface area contributed by atoms with E-state index in [-0.39, 0.29) is 18.0 Å². The summed E-state index contributed by atoms with van der Waals surface area (Å²) in [5.41, 5.74) is -0.225. The van der Waals surface area contributed by atoms with Crippen LogP contribution in [-0.2, 0) is 11.3 Å². The Bertz CT molecular complexity index is 482. The zero-order valence-corrected chi connectivity index (χ0v) is 11.8. The van der Waals surface area contributed by atoms with E-state index in [0.717, 1.165) is 16.4 Å². The Morgan fingerprint density at radius 1 is 1.65 bits per heavy atom. The van der Waals surface area contributed by atoms with E-state index in [1.54, 1.807) is 6.20 Å². The highest BCUT2D eigenvalue weighted by Crippen LogP contribution is 2.26. The van der Waals surface area contributed by atoms with Gasteiger partial charge < -0.3 is 4.90 Å². The smallest absolute Gasteiger partial charge is 0.268 e. The molecule has 0 atom stereocenters. The fourth-order valence-corrected chi connectivity index (χ4v) is 2.16. The summed E-state index contributed by atoms with van der Waals surface area (Å²) in [6, 6.07) is 1.86. The lowest BCUT2D eigenvalue weighted by molar-refractivity contribution is -0.132. The molecule has 1 aromatic rings. The van der Waals surface area contributed by atoms with Gasteiger partial charge in [-0.3, -0.25) is 9.59 Å². The summed E-state index contributed by atoms with van der Waals surface area (Å²) >= 11 is 2.03. The summed E-state index contributed by atoms with van der Waals surface area (Å²) < 4.78 is 2.00. The van der Waals surface area contributed by atoms with Crippen LogP contribution in [-0.4, -0.2) is 33.2 Å². The van der Waals surface area contributed by atoms with E-state index in [1.165, 1.54) is 10.7 Å². The van der Waals surface area contributed by atoms with Gasteiger partial charge in [0.1, 0.15) is 6.54 Å². The van der Waals surface area contributed by atoms with E-state index in [1.807, 2.05) is 34.4 Å². The highest BCUT2D eigenvalue weighted by Gasteiger charge is 2.31. The van der Waals surface area contributed by atoms with Gasteiger partial charge in [0, 0.05) is 22.2 Å². The molecule has 1 heterocycles. The second-order valence-corrected chi connectivity index (χ2v) is 5.33. The zero-order chi connectivity index (χ0) is 12.4. The number of carbonyl (C=O) groups is 1. The van der Waals surface area contributed by atoms with Crippen LogP contribution < -0.4 is 5.56 Å². The Hall–Kier alpha value is -0.920. The third-order valence-electron chi connectivity index (χ3n) is 2.77. The molecule has 0 bridgehead atoms. The molecule has 1 fully saturated rings. The first-order chi connectivity index (χ1) is 8.11. The fraction of sp³-hybridized carbons (Fsp3) is 0.545. The molecule has 17 heavy (non-hydrogen) atoms. The average Bonchev–Trinajstić information content (AvgIpc) is 3.08. The van der Waals surface area contributed by atoms with E-state index < -0.39 is 0 Å². The van der Waals surface area contributed by atoms with Crippen LogP contribution in [0.2, 0.25) is 0 Å². The van der Waals surface area contributed by atoms with Gasteiger partial charge in [-0.25, -0.2) is 4.68 Å². The standard InChI is InChI=1S/C11H14IN3O2/c1-2-14(9-3-4-9)11(17)7-15-10(16)5-8(12)6-13-15/h5-6,9H,2-4,7H2,1H3. The Balaban J connectivity index is 2.09. The van der Waals surface area contributed by atoms with Crippen LogP contribution >= 0.6 is 22.6 Å². The lowest BCUT2D eigenvalue weighted by Gasteiger charge is -2.20. The molecule has 5 nitrogen and oxygen atoms in total. The van der Waals surface area contributed by atoms with E-state index in [9.17, 15) is 9.59 Å². The predicted molar refractivity (Wildman–Crippen MR) is 71.6 cm³/mol. The van der Waals surface area contributed by atoms with E-state index >= 15 is 0 Å². The minimum Gasteiger partial charge on any atom is -0.338 e. The minimum absolute atomic E-state index is 0.0224. The molecule has 0 aromatic carbocycles. The summed E-state index contributed by atoms with van der Waals surface area (Å²) in [5, 5.41) is 3.96. The van der Waals surface area contributed by atoms with Crippen molar-refractivity contribution in [2.24, 2.45) is 0 Å². The maximum atomic E-state index is 12.0. The second-order valence-electron chi connectivity index (χ2n) is 4.08. The van der Waals surface area contributed by atoms with Crippen LogP contribution in [0.1, 0.15) is 19.8 Å². The van der Waals surface area contributed by atoms with Crippen molar-refractivity contribution in [1.82, 2.24) is 14.7 Å². The lowest BCUT2D eigenvalue weighted by Crippen LogP contribution is -2.38. The molecule has 0 unspecified atom stereocenters. The SMILES string of the molecule is CCN(C(=O)Cn1ncc(I)cc1=O)C1CC1. The summed E-state index contributed by atoms with van der Waals surface area (Å²) in [6.07, 6.45) is 3.74. The molecule has 1 amide bonds. The molecule has 0 radical (unpaired) electrons. The monoisotopic (exact) mass is 347 g/mol. The van der Waals surface area contributed by atoms with Crippen molar-refractivity contribution >= 4 is 28.5 Å². The molecular weight excluding hydrogens is 333 g/mol. The van der Waals surface area contributed by atoms with Gasteiger partial charge in [-0.05, 0) is 42.4 Å². The Morgan fingerprint density at radius 3 is 2.88 bits per heavy atom. The lowest BCUT2D eigenvalue weighted by atomic mass is 10.4. The highest BCUT2D eigenvalue weighted by atomic mass is 127. The van der Waals surface area contributed by atoms with Crippen molar-refractivity contribution < 1.29 is 4.79 Å². The topological polar surface area (TPSA) is 55.2 Å². The van der Waals surface area contributed by atoms with Crippen LogP contribution in [0.5, 0.6) is 0 Å². The minimum atomic E-state index is -0.225. The first kappa shape index (κ1) is 12.5. The molecule has 1 aromatic heterocycles. The van der Waals surface area contributed by atoms with Gasteiger partial charge in [-0.15, -0.1) is 0 Å². The van der Waals surface area contributed by atoms with Gasteiger partial charge in [0.25, 0.3) is 5.56 Å². The molecule has 1 saturated carbocycles. The van der Waals surface area contributed by atoms with Crippen molar-refractivity contribution in [1.29, 1.82) is 0 Å². The quantitative estimate of drug-likeness (QED) is 0.760. The number of hydrogen-bond acceptors (Lipinski definition) is 3. The van der Waals surface area contributed by atoms with E-state index in [2.05, 4.69) is 5.10 Å².